The molecular weight excluding hydrogens is 291 g/mol. The van der Waals surface area contributed by atoms with Crippen molar-refractivity contribution in [1.29, 1.82) is 0 Å². The van der Waals surface area contributed by atoms with Crippen LogP contribution in [-0.4, -0.2) is 21.8 Å². The number of amides is 1. The number of halogens is 2. The zero-order valence-corrected chi connectivity index (χ0v) is 12.1. The Bertz CT molecular complexity index is 673. The van der Waals surface area contributed by atoms with Gasteiger partial charge in [-0.15, -0.1) is 0 Å². The fraction of sp³-hybridized carbons (Fsp3) is 0.250. The van der Waals surface area contributed by atoms with Crippen molar-refractivity contribution in [3.8, 4) is 0 Å². The fourth-order valence-corrected chi connectivity index (χ4v) is 2.41. The van der Waals surface area contributed by atoms with E-state index in [0.717, 1.165) is 18.4 Å². The first-order valence-electron chi connectivity index (χ1n) is 6.80. The van der Waals surface area contributed by atoms with Crippen LogP contribution in [0.15, 0.2) is 42.6 Å². The van der Waals surface area contributed by atoms with Crippen molar-refractivity contribution in [1.82, 2.24) is 9.88 Å². The van der Waals surface area contributed by atoms with Crippen molar-refractivity contribution in [2.24, 2.45) is 0 Å². The summed E-state index contributed by atoms with van der Waals surface area (Å²) < 4.78 is 13.3. The third-order valence-electron chi connectivity index (χ3n) is 3.43. The first-order valence-corrected chi connectivity index (χ1v) is 7.18. The number of carbonyl (C=O) groups excluding carboxylic acids is 1. The summed E-state index contributed by atoms with van der Waals surface area (Å²) in [6.45, 7) is 0.384. The molecule has 1 aromatic heterocycles. The van der Waals surface area contributed by atoms with Gasteiger partial charge in [-0.25, -0.2) is 4.39 Å². The molecule has 0 atom stereocenters. The van der Waals surface area contributed by atoms with Gasteiger partial charge in [-0.2, -0.15) is 0 Å². The molecule has 5 heteroatoms. The van der Waals surface area contributed by atoms with Crippen LogP contribution in [0, 0.1) is 5.82 Å². The Morgan fingerprint density at radius 3 is 2.81 bits per heavy atom. The highest BCUT2D eigenvalue weighted by Crippen LogP contribution is 2.30. The number of hydrogen-bond acceptors (Lipinski definition) is 2. The summed E-state index contributed by atoms with van der Waals surface area (Å²) in [7, 11) is 0. The van der Waals surface area contributed by atoms with E-state index >= 15 is 0 Å². The van der Waals surface area contributed by atoms with Gasteiger partial charge in [0.2, 0.25) is 0 Å². The van der Waals surface area contributed by atoms with E-state index in [0.29, 0.717) is 17.3 Å². The molecule has 108 valence electrons. The third-order valence-corrected chi connectivity index (χ3v) is 3.67. The van der Waals surface area contributed by atoms with Crippen molar-refractivity contribution in [2.75, 3.05) is 0 Å². The zero-order chi connectivity index (χ0) is 14.8. The van der Waals surface area contributed by atoms with Crippen LogP contribution < -0.4 is 0 Å². The molecule has 0 spiro atoms. The molecule has 1 amide bonds. The van der Waals surface area contributed by atoms with E-state index in [-0.39, 0.29) is 17.8 Å². The molecule has 1 saturated carbocycles. The fourth-order valence-electron chi connectivity index (χ4n) is 2.25. The normalized spacial score (nSPS) is 14.0. The number of aromatic nitrogens is 1. The van der Waals surface area contributed by atoms with Crippen LogP contribution >= 0.6 is 11.6 Å². The standard InChI is InChI=1S/C16H14ClFN2O/c17-12-6-7-19-15(9-12)16(21)20(14-4-5-14)10-11-2-1-3-13(18)8-11/h1-3,6-9,14H,4-5,10H2. The minimum absolute atomic E-state index is 0.163. The Hall–Kier alpha value is -1.94. The minimum atomic E-state index is -0.295. The van der Waals surface area contributed by atoms with Crippen molar-refractivity contribution in [3.63, 3.8) is 0 Å². The third kappa shape index (κ3) is 3.39. The number of nitrogens with zero attached hydrogens (tertiary/aromatic N) is 2. The quantitative estimate of drug-likeness (QED) is 0.863. The molecule has 1 aliphatic carbocycles. The molecule has 0 bridgehead atoms. The molecule has 3 nitrogen and oxygen atoms in total. The van der Waals surface area contributed by atoms with Gasteiger partial charge in [0.1, 0.15) is 11.5 Å². The lowest BCUT2D eigenvalue weighted by Gasteiger charge is -2.22. The van der Waals surface area contributed by atoms with Crippen LogP contribution in [0.3, 0.4) is 0 Å². The predicted molar refractivity (Wildman–Crippen MR) is 78.5 cm³/mol. The van der Waals surface area contributed by atoms with Gasteiger partial charge in [-0.3, -0.25) is 9.78 Å². The van der Waals surface area contributed by atoms with Gasteiger partial charge < -0.3 is 4.90 Å². The summed E-state index contributed by atoms with van der Waals surface area (Å²) >= 11 is 5.91. The monoisotopic (exact) mass is 304 g/mol. The lowest BCUT2D eigenvalue weighted by Crippen LogP contribution is -2.33. The maximum absolute atomic E-state index is 13.3. The highest BCUT2D eigenvalue weighted by atomic mass is 35.5. The largest absolute Gasteiger partial charge is 0.330 e. The number of carbonyl (C=O) groups is 1. The second kappa shape index (κ2) is 5.82. The topological polar surface area (TPSA) is 33.2 Å². The van der Waals surface area contributed by atoms with Crippen molar-refractivity contribution in [2.45, 2.75) is 25.4 Å². The van der Waals surface area contributed by atoms with Crippen LogP contribution in [0.4, 0.5) is 4.39 Å². The number of hydrogen-bond donors (Lipinski definition) is 0. The van der Waals surface area contributed by atoms with E-state index in [1.54, 1.807) is 23.1 Å². The number of benzene rings is 1. The maximum atomic E-state index is 13.3. The first kappa shape index (κ1) is 14.0. The van der Waals surface area contributed by atoms with Gasteiger partial charge in [0.15, 0.2) is 0 Å². The van der Waals surface area contributed by atoms with E-state index in [4.69, 9.17) is 11.6 Å². The average molecular weight is 305 g/mol. The summed E-state index contributed by atoms with van der Waals surface area (Å²) in [4.78, 5) is 18.4. The molecule has 0 unspecified atom stereocenters. The van der Waals surface area contributed by atoms with Gasteiger partial charge in [-0.05, 0) is 42.7 Å². The lowest BCUT2D eigenvalue weighted by atomic mass is 10.2. The summed E-state index contributed by atoms with van der Waals surface area (Å²) in [5, 5.41) is 0.481. The van der Waals surface area contributed by atoms with E-state index in [9.17, 15) is 9.18 Å². The second-order valence-electron chi connectivity index (χ2n) is 5.15. The van der Waals surface area contributed by atoms with Crippen LogP contribution in [0.5, 0.6) is 0 Å². The van der Waals surface area contributed by atoms with Gasteiger partial charge in [0.05, 0.1) is 0 Å². The van der Waals surface area contributed by atoms with Gasteiger partial charge in [0, 0.05) is 23.8 Å². The molecular formula is C16H14ClFN2O. The highest BCUT2D eigenvalue weighted by Gasteiger charge is 2.33. The molecule has 21 heavy (non-hydrogen) atoms. The molecule has 1 aliphatic rings. The van der Waals surface area contributed by atoms with Crippen molar-refractivity contribution in [3.05, 3.63) is 64.7 Å². The number of rotatable bonds is 4. The van der Waals surface area contributed by atoms with Crippen LogP contribution in [0.2, 0.25) is 5.02 Å². The summed E-state index contributed by atoms with van der Waals surface area (Å²) in [5.74, 6) is -0.458. The van der Waals surface area contributed by atoms with Crippen molar-refractivity contribution >= 4 is 17.5 Å². The highest BCUT2D eigenvalue weighted by molar-refractivity contribution is 6.30. The maximum Gasteiger partial charge on any atom is 0.273 e. The van der Waals surface area contributed by atoms with E-state index in [1.165, 1.54) is 18.3 Å². The van der Waals surface area contributed by atoms with E-state index in [2.05, 4.69) is 4.98 Å². The zero-order valence-electron chi connectivity index (χ0n) is 11.3. The molecule has 1 heterocycles. The molecule has 0 radical (unpaired) electrons. The Labute approximate surface area is 127 Å². The Morgan fingerprint density at radius 2 is 2.14 bits per heavy atom. The molecule has 0 N–H and O–H groups in total. The Balaban J connectivity index is 1.83. The van der Waals surface area contributed by atoms with E-state index in [1.807, 2.05) is 6.07 Å². The predicted octanol–water partition coefficient (Wildman–Crippen LogP) is 3.68. The second-order valence-corrected chi connectivity index (χ2v) is 5.59. The summed E-state index contributed by atoms with van der Waals surface area (Å²) in [6.07, 6.45) is 3.46. The molecule has 3 rings (SSSR count). The lowest BCUT2D eigenvalue weighted by molar-refractivity contribution is 0.0723. The van der Waals surface area contributed by atoms with Gasteiger partial charge in [0.25, 0.3) is 5.91 Å². The van der Waals surface area contributed by atoms with Crippen molar-refractivity contribution < 1.29 is 9.18 Å². The Morgan fingerprint density at radius 1 is 1.33 bits per heavy atom. The van der Waals surface area contributed by atoms with Crippen LogP contribution in [0.1, 0.15) is 28.9 Å². The van der Waals surface area contributed by atoms with E-state index < -0.39 is 0 Å². The van der Waals surface area contributed by atoms with Crippen LogP contribution in [0.25, 0.3) is 0 Å². The average Bonchev–Trinajstić information content (AvgIpc) is 3.29. The summed E-state index contributed by atoms with van der Waals surface area (Å²) in [5.41, 5.74) is 1.10. The van der Waals surface area contributed by atoms with Gasteiger partial charge >= 0.3 is 0 Å². The minimum Gasteiger partial charge on any atom is -0.330 e. The smallest absolute Gasteiger partial charge is 0.273 e. The molecule has 0 aliphatic heterocycles. The molecule has 0 saturated heterocycles. The molecule has 1 aromatic carbocycles. The molecule has 2 aromatic rings. The van der Waals surface area contributed by atoms with Gasteiger partial charge in [-0.1, -0.05) is 23.7 Å². The summed E-state index contributed by atoms with van der Waals surface area (Å²) in [6, 6.07) is 9.72. The Kier molecular flexibility index (Phi) is 3.88. The molecule has 1 fully saturated rings. The van der Waals surface area contributed by atoms with Crippen LogP contribution in [-0.2, 0) is 6.54 Å². The SMILES string of the molecule is O=C(c1cc(Cl)ccn1)N(Cc1cccc(F)c1)C1CC1. The first-order chi connectivity index (χ1) is 10.1. The number of pyridine rings is 1.